The Bertz CT molecular complexity index is 1490. The van der Waals surface area contributed by atoms with Crippen LogP contribution in [0, 0.1) is 0 Å². The van der Waals surface area contributed by atoms with Gasteiger partial charge < -0.3 is 15.0 Å². The van der Waals surface area contributed by atoms with Gasteiger partial charge in [0.25, 0.3) is 5.91 Å². The zero-order chi connectivity index (χ0) is 27.5. The van der Waals surface area contributed by atoms with E-state index in [2.05, 4.69) is 11.4 Å². The Labute approximate surface area is 238 Å². The number of carbonyl (C=O) groups is 2. The minimum absolute atomic E-state index is 0.0348. The highest BCUT2D eigenvalue weighted by Gasteiger charge is 2.32. The van der Waals surface area contributed by atoms with E-state index in [0.717, 1.165) is 58.2 Å². The summed E-state index contributed by atoms with van der Waals surface area (Å²) < 4.78 is 6.76. The lowest BCUT2D eigenvalue weighted by Crippen LogP contribution is -2.44. The van der Waals surface area contributed by atoms with Crippen molar-refractivity contribution in [2.75, 3.05) is 14.2 Å². The SMILES string of the molecule is CN[C@H]1CC[C@@H](N(Cc2cc(-c3ccc(C(C)=O)cc3)ccc2OC)C(=O)c2sc3ccccc3c2Cl)CC1. The molecule has 0 radical (unpaired) electrons. The van der Waals surface area contributed by atoms with Gasteiger partial charge in [0.2, 0.25) is 0 Å². The number of carbonyl (C=O) groups excluding carboxylic acids is 2. The van der Waals surface area contributed by atoms with Gasteiger partial charge >= 0.3 is 0 Å². The van der Waals surface area contributed by atoms with Crippen LogP contribution in [0.2, 0.25) is 5.02 Å². The van der Waals surface area contributed by atoms with Gasteiger partial charge in [0.05, 0.1) is 12.1 Å². The van der Waals surface area contributed by atoms with Crippen molar-refractivity contribution in [1.29, 1.82) is 0 Å². The fourth-order valence-corrected chi connectivity index (χ4v) is 6.96. The fraction of sp³-hybridized carbons (Fsp3) is 0.312. The Balaban J connectivity index is 1.51. The first kappa shape index (κ1) is 27.4. The Hall–Kier alpha value is -3.19. The van der Waals surface area contributed by atoms with Crippen molar-refractivity contribution in [3.05, 3.63) is 87.8 Å². The van der Waals surface area contributed by atoms with Crippen LogP contribution in [0.15, 0.2) is 66.7 Å². The molecule has 1 aromatic heterocycles. The molecule has 39 heavy (non-hydrogen) atoms. The molecular weight excluding hydrogens is 528 g/mol. The number of fused-ring (bicyclic) bond motifs is 1. The molecule has 1 aliphatic rings. The van der Waals surface area contributed by atoms with E-state index in [4.69, 9.17) is 16.3 Å². The van der Waals surface area contributed by atoms with Crippen molar-refractivity contribution in [2.45, 2.75) is 51.2 Å². The van der Waals surface area contributed by atoms with E-state index in [0.29, 0.717) is 28.0 Å². The molecule has 5 rings (SSSR count). The van der Waals surface area contributed by atoms with Gasteiger partial charge in [-0.3, -0.25) is 9.59 Å². The topological polar surface area (TPSA) is 58.6 Å². The summed E-state index contributed by atoms with van der Waals surface area (Å²) >= 11 is 8.25. The number of hydrogen-bond acceptors (Lipinski definition) is 5. The molecular formula is C32H33ClN2O3S. The molecule has 1 aliphatic carbocycles. The van der Waals surface area contributed by atoms with Crippen molar-refractivity contribution in [1.82, 2.24) is 10.2 Å². The van der Waals surface area contributed by atoms with Crippen LogP contribution >= 0.6 is 22.9 Å². The first-order valence-corrected chi connectivity index (χ1v) is 14.5. The van der Waals surface area contributed by atoms with Crippen LogP contribution in [0.5, 0.6) is 5.75 Å². The lowest BCUT2D eigenvalue weighted by molar-refractivity contribution is 0.0604. The molecule has 5 nitrogen and oxygen atoms in total. The Morgan fingerprint density at radius 1 is 1.00 bits per heavy atom. The zero-order valence-corrected chi connectivity index (χ0v) is 24.1. The Kier molecular flexibility index (Phi) is 8.36. The normalized spacial score (nSPS) is 17.2. The first-order valence-electron chi connectivity index (χ1n) is 13.3. The molecule has 0 aliphatic heterocycles. The quantitative estimate of drug-likeness (QED) is 0.225. The number of nitrogens with one attached hydrogen (secondary N) is 1. The summed E-state index contributed by atoms with van der Waals surface area (Å²) in [6.07, 6.45) is 3.89. The molecule has 0 bridgehead atoms. The second-order valence-electron chi connectivity index (χ2n) is 10.1. The number of ether oxygens (including phenoxy) is 1. The second-order valence-corrected chi connectivity index (χ2v) is 11.6. The maximum Gasteiger partial charge on any atom is 0.266 e. The third-order valence-corrected chi connectivity index (χ3v) is 9.44. The number of rotatable bonds is 8. The molecule has 1 N–H and O–H groups in total. The summed E-state index contributed by atoms with van der Waals surface area (Å²) in [4.78, 5) is 28.5. The van der Waals surface area contributed by atoms with Crippen LogP contribution in [0.3, 0.4) is 0 Å². The summed E-state index contributed by atoms with van der Waals surface area (Å²) in [7, 11) is 3.66. The molecule has 3 aromatic carbocycles. The lowest BCUT2D eigenvalue weighted by Gasteiger charge is -2.37. The maximum atomic E-state index is 14.2. The number of methoxy groups -OCH3 is 1. The third-order valence-electron chi connectivity index (χ3n) is 7.78. The van der Waals surface area contributed by atoms with Gasteiger partial charge in [0.1, 0.15) is 10.6 Å². The van der Waals surface area contributed by atoms with Crippen molar-refractivity contribution < 1.29 is 14.3 Å². The van der Waals surface area contributed by atoms with Gasteiger partial charge in [0.15, 0.2) is 5.78 Å². The van der Waals surface area contributed by atoms with Gasteiger partial charge in [-0.15, -0.1) is 11.3 Å². The van der Waals surface area contributed by atoms with Gasteiger partial charge in [-0.25, -0.2) is 0 Å². The summed E-state index contributed by atoms with van der Waals surface area (Å²) in [5, 5.41) is 4.84. The molecule has 0 spiro atoms. The molecule has 202 valence electrons. The van der Waals surface area contributed by atoms with Crippen LogP contribution < -0.4 is 10.1 Å². The largest absolute Gasteiger partial charge is 0.496 e. The maximum absolute atomic E-state index is 14.2. The van der Waals surface area contributed by atoms with Crippen molar-refractivity contribution in [2.24, 2.45) is 0 Å². The Morgan fingerprint density at radius 2 is 1.69 bits per heavy atom. The number of thiophene rings is 1. The van der Waals surface area contributed by atoms with Crippen molar-refractivity contribution >= 4 is 44.7 Å². The summed E-state index contributed by atoms with van der Waals surface area (Å²) in [6.45, 7) is 1.99. The zero-order valence-electron chi connectivity index (χ0n) is 22.5. The molecule has 0 atom stereocenters. The summed E-state index contributed by atoms with van der Waals surface area (Å²) in [6, 6.07) is 22.2. The molecule has 0 saturated heterocycles. The van der Waals surface area contributed by atoms with Crippen LogP contribution in [0.4, 0.5) is 0 Å². The third kappa shape index (κ3) is 5.74. The van der Waals surface area contributed by atoms with Crippen molar-refractivity contribution in [3.8, 4) is 16.9 Å². The van der Waals surface area contributed by atoms with Gasteiger partial charge in [-0.05, 0) is 69.0 Å². The van der Waals surface area contributed by atoms with Gasteiger partial charge in [-0.1, -0.05) is 60.1 Å². The molecule has 1 heterocycles. The van der Waals surface area contributed by atoms with Crippen LogP contribution in [0.25, 0.3) is 21.2 Å². The molecule has 1 saturated carbocycles. The number of halogens is 1. The first-order chi connectivity index (χ1) is 18.9. The number of hydrogen-bond donors (Lipinski definition) is 1. The van der Waals surface area contributed by atoms with E-state index in [1.807, 2.05) is 72.6 Å². The predicted molar refractivity (Wildman–Crippen MR) is 160 cm³/mol. The number of Topliss-reactive ketones (excluding diaryl/α,β-unsaturated/α-hetero) is 1. The number of ketones is 1. The van der Waals surface area contributed by atoms with Crippen LogP contribution in [-0.2, 0) is 6.54 Å². The van der Waals surface area contributed by atoms with Gasteiger partial charge in [0, 0.05) is 39.8 Å². The smallest absolute Gasteiger partial charge is 0.266 e. The van der Waals surface area contributed by atoms with Crippen LogP contribution in [0.1, 0.15) is 58.2 Å². The van der Waals surface area contributed by atoms with E-state index in [9.17, 15) is 9.59 Å². The lowest BCUT2D eigenvalue weighted by atomic mass is 9.89. The van der Waals surface area contributed by atoms with E-state index < -0.39 is 0 Å². The summed E-state index contributed by atoms with van der Waals surface area (Å²) in [5.74, 6) is 0.745. The highest BCUT2D eigenvalue weighted by molar-refractivity contribution is 7.21. The molecule has 1 amide bonds. The van der Waals surface area contributed by atoms with E-state index in [1.165, 1.54) is 11.3 Å². The highest BCUT2D eigenvalue weighted by atomic mass is 35.5. The predicted octanol–water partition coefficient (Wildman–Crippen LogP) is 7.61. The molecule has 4 aromatic rings. The monoisotopic (exact) mass is 560 g/mol. The fourth-order valence-electron chi connectivity index (χ4n) is 5.49. The number of nitrogens with zero attached hydrogens (tertiary/aromatic N) is 1. The number of amides is 1. The Morgan fingerprint density at radius 3 is 2.33 bits per heavy atom. The molecule has 7 heteroatoms. The van der Waals surface area contributed by atoms with E-state index in [1.54, 1.807) is 14.0 Å². The number of benzene rings is 3. The highest BCUT2D eigenvalue weighted by Crippen LogP contribution is 2.38. The average molecular weight is 561 g/mol. The minimum Gasteiger partial charge on any atom is -0.496 e. The van der Waals surface area contributed by atoms with E-state index in [-0.39, 0.29) is 17.7 Å². The van der Waals surface area contributed by atoms with Crippen LogP contribution in [-0.4, -0.2) is 42.8 Å². The molecule has 0 unspecified atom stereocenters. The summed E-state index contributed by atoms with van der Waals surface area (Å²) in [5.41, 5.74) is 3.63. The minimum atomic E-state index is -0.0348. The van der Waals surface area contributed by atoms with E-state index >= 15 is 0 Å². The standard InChI is InChI=1S/C32H33ClN2O3S/c1-20(36)21-8-10-22(11-9-21)23-12-17-28(38-3)24(18-23)19-35(26-15-13-25(34-2)14-16-26)32(37)31-30(33)27-6-4-5-7-29(27)39-31/h4-12,17-18,25-26,34H,13-16,19H2,1-3H3/t25-,26+. The molecule has 1 fully saturated rings. The second kappa shape index (κ2) is 11.9. The average Bonchev–Trinajstić information content (AvgIpc) is 3.32. The van der Waals surface area contributed by atoms with Gasteiger partial charge in [-0.2, -0.15) is 0 Å². The van der Waals surface area contributed by atoms with Crippen molar-refractivity contribution in [3.63, 3.8) is 0 Å².